The first-order valence-electron chi connectivity index (χ1n) is 7.31. The van der Waals surface area contributed by atoms with Crippen molar-refractivity contribution < 1.29 is 0 Å². The van der Waals surface area contributed by atoms with Crippen LogP contribution in [0.15, 0.2) is 24.8 Å². The molecule has 1 saturated heterocycles. The fourth-order valence-corrected chi connectivity index (χ4v) is 2.90. The van der Waals surface area contributed by atoms with Crippen molar-refractivity contribution in [2.24, 2.45) is 0 Å². The zero-order valence-corrected chi connectivity index (χ0v) is 12.2. The van der Waals surface area contributed by atoms with Crippen LogP contribution < -0.4 is 0 Å². The van der Waals surface area contributed by atoms with E-state index in [0.717, 1.165) is 30.3 Å². The van der Waals surface area contributed by atoms with E-state index in [9.17, 15) is 0 Å². The zero-order valence-electron chi connectivity index (χ0n) is 12.2. The van der Waals surface area contributed by atoms with Gasteiger partial charge in [0.25, 0.3) is 0 Å². The largest absolute Gasteiger partial charge is 0.306 e. The van der Waals surface area contributed by atoms with Crippen LogP contribution in [-0.2, 0) is 6.42 Å². The van der Waals surface area contributed by atoms with Crippen LogP contribution in [0, 0.1) is 0 Å². The Morgan fingerprint density at radius 1 is 1.35 bits per heavy atom. The minimum atomic E-state index is 0.495. The van der Waals surface area contributed by atoms with E-state index in [1.165, 1.54) is 19.4 Å². The van der Waals surface area contributed by atoms with Crippen LogP contribution in [-0.4, -0.2) is 44.6 Å². The van der Waals surface area contributed by atoms with Crippen molar-refractivity contribution in [3.05, 3.63) is 36.3 Å². The molecule has 2 aromatic rings. The second-order valence-corrected chi connectivity index (χ2v) is 5.47. The van der Waals surface area contributed by atoms with Crippen LogP contribution in [0.5, 0.6) is 0 Å². The highest BCUT2D eigenvalue weighted by molar-refractivity contribution is 5.24. The fourth-order valence-electron chi connectivity index (χ4n) is 2.90. The van der Waals surface area contributed by atoms with Gasteiger partial charge in [0.15, 0.2) is 5.82 Å². The van der Waals surface area contributed by atoms with Crippen LogP contribution in [0.4, 0.5) is 0 Å². The molecule has 20 heavy (non-hydrogen) atoms. The quantitative estimate of drug-likeness (QED) is 0.857. The highest BCUT2D eigenvalue weighted by Gasteiger charge is 2.20. The number of nitrogens with zero attached hydrogens (tertiary/aromatic N) is 5. The molecule has 1 aliphatic heterocycles. The summed E-state index contributed by atoms with van der Waals surface area (Å²) in [6.07, 6.45) is 10.8. The summed E-state index contributed by atoms with van der Waals surface area (Å²) in [4.78, 5) is 15.9. The van der Waals surface area contributed by atoms with Gasteiger partial charge in [-0.05, 0) is 26.4 Å². The Kier molecular flexibility index (Phi) is 3.78. The van der Waals surface area contributed by atoms with Gasteiger partial charge in [-0.2, -0.15) is 0 Å². The Balaban J connectivity index is 1.89. The van der Waals surface area contributed by atoms with Crippen molar-refractivity contribution >= 4 is 0 Å². The van der Waals surface area contributed by atoms with E-state index in [0.29, 0.717) is 5.92 Å². The molecule has 1 fully saturated rings. The summed E-state index contributed by atoms with van der Waals surface area (Å²) < 4.78 is 2.03. The van der Waals surface area contributed by atoms with Crippen LogP contribution in [0.2, 0.25) is 0 Å². The Labute approximate surface area is 119 Å². The molecule has 0 radical (unpaired) electrons. The topological polar surface area (TPSA) is 46.8 Å². The van der Waals surface area contributed by atoms with Gasteiger partial charge in [0.1, 0.15) is 5.82 Å². The number of imidazole rings is 1. The van der Waals surface area contributed by atoms with Gasteiger partial charge in [-0.3, -0.25) is 9.55 Å². The van der Waals surface area contributed by atoms with Gasteiger partial charge in [0.05, 0.1) is 11.9 Å². The van der Waals surface area contributed by atoms with Crippen molar-refractivity contribution in [1.82, 2.24) is 24.4 Å². The number of hydrogen-bond donors (Lipinski definition) is 0. The van der Waals surface area contributed by atoms with Crippen LogP contribution >= 0.6 is 0 Å². The lowest BCUT2D eigenvalue weighted by molar-refractivity contribution is 0.248. The normalized spacial score (nSPS) is 20.2. The lowest BCUT2D eigenvalue weighted by Crippen LogP contribution is -2.31. The Bertz CT molecular complexity index is 577. The lowest BCUT2D eigenvalue weighted by Gasteiger charge is -2.29. The first-order chi connectivity index (χ1) is 9.78. The third-order valence-electron chi connectivity index (χ3n) is 3.96. The van der Waals surface area contributed by atoms with E-state index in [1.54, 1.807) is 0 Å². The highest BCUT2D eigenvalue weighted by Crippen LogP contribution is 2.24. The van der Waals surface area contributed by atoms with Crippen LogP contribution in [0.25, 0.3) is 5.82 Å². The fraction of sp³-hybridized carbons (Fsp3) is 0.533. The third-order valence-corrected chi connectivity index (χ3v) is 3.96. The number of piperidine rings is 1. The van der Waals surface area contributed by atoms with E-state index < -0.39 is 0 Å². The smallest absolute Gasteiger partial charge is 0.156 e. The van der Waals surface area contributed by atoms with Gasteiger partial charge < -0.3 is 4.90 Å². The van der Waals surface area contributed by atoms with Crippen molar-refractivity contribution in [3.63, 3.8) is 0 Å². The summed E-state index contributed by atoms with van der Waals surface area (Å²) in [5.41, 5.74) is 1.10. The molecule has 106 valence electrons. The second-order valence-electron chi connectivity index (χ2n) is 5.47. The predicted octanol–water partition coefficient (Wildman–Crippen LogP) is 2.03. The van der Waals surface area contributed by atoms with Gasteiger partial charge in [-0.15, -0.1) is 0 Å². The molecule has 2 aromatic heterocycles. The van der Waals surface area contributed by atoms with E-state index in [2.05, 4.69) is 28.8 Å². The maximum atomic E-state index is 4.82. The van der Waals surface area contributed by atoms with Crippen molar-refractivity contribution in [1.29, 1.82) is 0 Å². The van der Waals surface area contributed by atoms with Crippen molar-refractivity contribution in [2.75, 3.05) is 20.1 Å². The second kappa shape index (κ2) is 5.71. The molecule has 0 bridgehead atoms. The molecular weight excluding hydrogens is 250 g/mol. The maximum Gasteiger partial charge on any atom is 0.156 e. The summed E-state index contributed by atoms with van der Waals surface area (Å²) in [6, 6.07) is 0. The average Bonchev–Trinajstić information content (AvgIpc) is 2.96. The first-order valence-corrected chi connectivity index (χ1v) is 7.31. The minimum absolute atomic E-state index is 0.495. The van der Waals surface area contributed by atoms with E-state index in [-0.39, 0.29) is 0 Å². The van der Waals surface area contributed by atoms with Gasteiger partial charge in [0, 0.05) is 37.5 Å². The highest BCUT2D eigenvalue weighted by atomic mass is 15.1. The molecule has 0 aromatic carbocycles. The van der Waals surface area contributed by atoms with Crippen molar-refractivity contribution in [2.45, 2.75) is 32.1 Å². The Morgan fingerprint density at radius 3 is 3.05 bits per heavy atom. The number of rotatable bonds is 3. The minimum Gasteiger partial charge on any atom is -0.306 e. The zero-order chi connectivity index (χ0) is 13.9. The number of aromatic nitrogens is 4. The molecule has 5 heteroatoms. The molecule has 0 spiro atoms. The standard InChI is InChI=1S/C15H21N5/c1-3-14-17-6-8-20(14)15-10-16-9-13(18-15)12-5-4-7-19(2)11-12/h6,8-10,12H,3-5,7,11H2,1-2H3. The molecule has 1 unspecified atom stereocenters. The van der Waals surface area contributed by atoms with Gasteiger partial charge in [-0.25, -0.2) is 9.97 Å². The molecule has 3 heterocycles. The molecule has 0 saturated carbocycles. The molecule has 0 N–H and O–H groups in total. The summed E-state index contributed by atoms with van der Waals surface area (Å²) in [5.74, 6) is 2.40. The van der Waals surface area contributed by atoms with Crippen LogP contribution in [0.3, 0.4) is 0 Å². The molecule has 5 nitrogen and oxygen atoms in total. The Morgan fingerprint density at radius 2 is 2.25 bits per heavy atom. The number of aryl methyl sites for hydroxylation is 1. The number of likely N-dealkylation sites (tertiary alicyclic amines) is 1. The summed E-state index contributed by atoms with van der Waals surface area (Å²) in [6.45, 7) is 4.36. The van der Waals surface area contributed by atoms with E-state index in [1.807, 2.05) is 29.4 Å². The van der Waals surface area contributed by atoms with Gasteiger partial charge >= 0.3 is 0 Å². The first kappa shape index (κ1) is 13.2. The summed E-state index contributed by atoms with van der Waals surface area (Å²) in [5, 5.41) is 0. The maximum absolute atomic E-state index is 4.82. The molecule has 3 rings (SSSR count). The molecular formula is C15H21N5. The molecule has 1 atom stereocenters. The molecule has 0 aliphatic carbocycles. The molecule has 1 aliphatic rings. The Hall–Kier alpha value is -1.75. The SMILES string of the molecule is CCc1nccn1-c1cncc(C2CCCN(C)C2)n1. The van der Waals surface area contributed by atoms with Gasteiger partial charge in [-0.1, -0.05) is 6.92 Å². The van der Waals surface area contributed by atoms with Crippen molar-refractivity contribution in [3.8, 4) is 5.82 Å². The number of likely N-dealkylation sites (N-methyl/N-ethyl adjacent to an activating group) is 1. The summed E-state index contributed by atoms with van der Waals surface area (Å²) >= 11 is 0. The predicted molar refractivity (Wildman–Crippen MR) is 78.0 cm³/mol. The monoisotopic (exact) mass is 271 g/mol. The summed E-state index contributed by atoms with van der Waals surface area (Å²) in [7, 11) is 2.18. The third kappa shape index (κ3) is 2.58. The molecule has 0 amide bonds. The lowest BCUT2D eigenvalue weighted by atomic mass is 9.95. The number of hydrogen-bond acceptors (Lipinski definition) is 4. The van der Waals surface area contributed by atoms with Gasteiger partial charge in [0.2, 0.25) is 0 Å². The van der Waals surface area contributed by atoms with E-state index >= 15 is 0 Å². The van der Waals surface area contributed by atoms with Crippen LogP contribution in [0.1, 0.15) is 37.2 Å². The van der Waals surface area contributed by atoms with E-state index in [4.69, 9.17) is 4.98 Å². The average molecular weight is 271 g/mol.